The summed E-state index contributed by atoms with van der Waals surface area (Å²) in [6.45, 7) is 0. The number of ketones is 1. The first kappa shape index (κ1) is 8.32. The van der Waals surface area contributed by atoms with E-state index < -0.39 is 0 Å². The van der Waals surface area contributed by atoms with Crippen molar-refractivity contribution in [3.8, 4) is 0 Å². The van der Waals surface area contributed by atoms with Gasteiger partial charge in [-0.05, 0) is 6.08 Å². The first-order chi connectivity index (χ1) is 6.29. The van der Waals surface area contributed by atoms with E-state index in [1.165, 1.54) is 4.42 Å². The van der Waals surface area contributed by atoms with Crippen molar-refractivity contribution < 1.29 is 4.79 Å². The van der Waals surface area contributed by atoms with Crippen LogP contribution >= 0.6 is 11.8 Å². The van der Waals surface area contributed by atoms with Gasteiger partial charge >= 0.3 is 0 Å². The molecule has 1 aromatic rings. The molecule has 1 aliphatic heterocycles. The SMILES string of the molecule is O=C(c1ccccc1)C1C=CN1Cl. The molecule has 1 aromatic carbocycles. The Balaban J connectivity index is 2.19. The predicted molar refractivity (Wildman–Crippen MR) is 51.4 cm³/mol. The topological polar surface area (TPSA) is 20.3 Å². The molecular weight excluding hydrogens is 186 g/mol. The molecule has 0 radical (unpaired) electrons. The van der Waals surface area contributed by atoms with Gasteiger partial charge in [0, 0.05) is 23.5 Å². The number of halogens is 1. The van der Waals surface area contributed by atoms with Crippen LogP contribution in [0.25, 0.3) is 0 Å². The number of benzene rings is 1. The Kier molecular flexibility index (Phi) is 2.07. The summed E-state index contributed by atoms with van der Waals surface area (Å²) >= 11 is 5.69. The summed E-state index contributed by atoms with van der Waals surface area (Å²) in [7, 11) is 0. The molecule has 1 unspecified atom stereocenters. The largest absolute Gasteiger partial charge is 0.291 e. The average Bonchev–Trinajstić information content (AvgIpc) is 2.17. The van der Waals surface area contributed by atoms with Gasteiger partial charge in [0.05, 0.1) is 0 Å². The minimum Gasteiger partial charge on any atom is -0.291 e. The highest BCUT2D eigenvalue weighted by Gasteiger charge is 2.26. The van der Waals surface area contributed by atoms with Gasteiger partial charge < -0.3 is 0 Å². The smallest absolute Gasteiger partial charge is 0.190 e. The second-order valence-electron chi connectivity index (χ2n) is 2.86. The van der Waals surface area contributed by atoms with Crippen molar-refractivity contribution in [1.29, 1.82) is 0 Å². The summed E-state index contributed by atoms with van der Waals surface area (Å²) in [6, 6.07) is 8.86. The molecular formula is C10H8ClNO. The first-order valence-corrected chi connectivity index (χ1v) is 4.34. The van der Waals surface area contributed by atoms with Crippen LogP contribution < -0.4 is 0 Å². The number of Topliss-reactive ketones (excluding diaryl/α,β-unsaturated/α-hetero) is 1. The van der Waals surface area contributed by atoms with Crippen molar-refractivity contribution in [2.45, 2.75) is 6.04 Å². The van der Waals surface area contributed by atoms with E-state index in [-0.39, 0.29) is 11.8 Å². The van der Waals surface area contributed by atoms with Gasteiger partial charge in [0.25, 0.3) is 0 Å². The molecule has 1 aliphatic rings. The minimum atomic E-state index is -0.288. The Morgan fingerprint density at radius 1 is 1.31 bits per heavy atom. The van der Waals surface area contributed by atoms with Crippen LogP contribution in [0.3, 0.4) is 0 Å². The summed E-state index contributed by atoms with van der Waals surface area (Å²) in [5.74, 6) is 0.0399. The van der Waals surface area contributed by atoms with Crippen molar-refractivity contribution in [3.63, 3.8) is 0 Å². The van der Waals surface area contributed by atoms with Crippen molar-refractivity contribution in [3.05, 3.63) is 48.2 Å². The Morgan fingerprint density at radius 3 is 2.46 bits per heavy atom. The first-order valence-electron chi connectivity index (χ1n) is 4.01. The molecule has 3 heteroatoms. The highest BCUT2D eigenvalue weighted by Crippen LogP contribution is 2.20. The average molecular weight is 194 g/mol. The predicted octanol–water partition coefficient (Wildman–Crippen LogP) is 2.22. The number of hydrogen-bond acceptors (Lipinski definition) is 2. The van der Waals surface area contributed by atoms with Crippen LogP contribution in [0.1, 0.15) is 10.4 Å². The van der Waals surface area contributed by atoms with Gasteiger partial charge in [-0.25, -0.2) is 0 Å². The monoisotopic (exact) mass is 193 g/mol. The molecule has 66 valence electrons. The summed E-state index contributed by atoms with van der Waals surface area (Å²) in [5.41, 5.74) is 0.697. The molecule has 0 saturated heterocycles. The number of hydrogen-bond donors (Lipinski definition) is 0. The maximum atomic E-state index is 11.7. The van der Waals surface area contributed by atoms with Crippen LogP contribution in [0.5, 0.6) is 0 Å². The van der Waals surface area contributed by atoms with E-state index in [0.29, 0.717) is 5.56 Å². The van der Waals surface area contributed by atoms with Crippen molar-refractivity contribution in [2.75, 3.05) is 0 Å². The lowest BCUT2D eigenvalue weighted by Crippen LogP contribution is -2.36. The van der Waals surface area contributed by atoms with Gasteiger partial charge in [0.2, 0.25) is 0 Å². The van der Waals surface area contributed by atoms with Crippen LogP contribution in [0, 0.1) is 0 Å². The third kappa shape index (κ3) is 1.45. The van der Waals surface area contributed by atoms with Crippen LogP contribution in [0.4, 0.5) is 0 Å². The minimum absolute atomic E-state index is 0.0399. The van der Waals surface area contributed by atoms with E-state index in [1.54, 1.807) is 24.4 Å². The third-order valence-electron chi connectivity index (χ3n) is 2.00. The highest BCUT2D eigenvalue weighted by molar-refractivity contribution is 6.18. The zero-order valence-corrected chi connectivity index (χ0v) is 7.61. The number of nitrogens with zero attached hydrogens (tertiary/aromatic N) is 1. The van der Waals surface area contributed by atoms with E-state index in [4.69, 9.17) is 11.8 Å². The highest BCUT2D eigenvalue weighted by atomic mass is 35.5. The fraction of sp³-hybridized carbons (Fsp3) is 0.100. The Hall–Kier alpha value is -1.28. The van der Waals surface area contributed by atoms with E-state index >= 15 is 0 Å². The van der Waals surface area contributed by atoms with E-state index in [9.17, 15) is 4.79 Å². The zero-order chi connectivity index (χ0) is 9.26. The van der Waals surface area contributed by atoms with Gasteiger partial charge in [-0.15, -0.1) is 0 Å². The molecule has 1 heterocycles. The normalized spacial score (nSPS) is 19.8. The molecule has 0 aromatic heterocycles. The molecule has 0 aliphatic carbocycles. The second-order valence-corrected chi connectivity index (χ2v) is 3.25. The number of carbonyl (C=O) groups excluding carboxylic acids is 1. The Labute approximate surface area is 81.5 Å². The van der Waals surface area contributed by atoms with Crippen molar-refractivity contribution in [2.24, 2.45) is 0 Å². The van der Waals surface area contributed by atoms with Crippen LogP contribution in [-0.4, -0.2) is 16.2 Å². The van der Waals surface area contributed by atoms with Crippen LogP contribution in [-0.2, 0) is 0 Å². The zero-order valence-electron chi connectivity index (χ0n) is 6.85. The molecule has 0 spiro atoms. The second kappa shape index (κ2) is 3.23. The van der Waals surface area contributed by atoms with E-state index in [1.807, 2.05) is 18.2 Å². The summed E-state index contributed by atoms with van der Waals surface area (Å²) in [6.07, 6.45) is 3.45. The fourth-order valence-corrected chi connectivity index (χ4v) is 1.43. The van der Waals surface area contributed by atoms with Gasteiger partial charge in [0.15, 0.2) is 5.78 Å². The lowest BCUT2D eigenvalue weighted by Gasteiger charge is -2.26. The molecule has 0 N–H and O–H groups in total. The van der Waals surface area contributed by atoms with Gasteiger partial charge in [-0.2, -0.15) is 0 Å². The maximum Gasteiger partial charge on any atom is 0.190 e. The van der Waals surface area contributed by atoms with Gasteiger partial charge in [-0.1, -0.05) is 30.3 Å². The van der Waals surface area contributed by atoms with E-state index in [0.717, 1.165) is 0 Å². The molecule has 0 bridgehead atoms. The Bertz CT molecular complexity index is 347. The summed E-state index contributed by atoms with van der Waals surface area (Å²) in [5, 5.41) is 0. The van der Waals surface area contributed by atoms with Crippen molar-refractivity contribution in [1.82, 2.24) is 4.42 Å². The number of rotatable bonds is 2. The summed E-state index contributed by atoms with van der Waals surface area (Å²) < 4.78 is 1.38. The van der Waals surface area contributed by atoms with Crippen molar-refractivity contribution >= 4 is 17.6 Å². The van der Waals surface area contributed by atoms with E-state index in [2.05, 4.69) is 0 Å². The van der Waals surface area contributed by atoms with Crippen LogP contribution in [0.15, 0.2) is 42.6 Å². The molecule has 2 nitrogen and oxygen atoms in total. The molecule has 0 saturated carbocycles. The quantitative estimate of drug-likeness (QED) is 0.530. The molecule has 2 rings (SSSR count). The molecule has 0 fully saturated rings. The lowest BCUT2D eigenvalue weighted by atomic mass is 10.0. The third-order valence-corrected chi connectivity index (χ3v) is 2.33. The molecule has 0 amide bonds. The van der Waals surface area contributed by atoms with Gasteiger partial charge in [-0.3, -0.25) is 9.21 Å². The lowest BCUT2D eigenvalue weighted by molar-refractivity contribution is 0.0930. The van der Waals surface area contributed by atoms with Crippen LogP contribution in [0.2, 0.25) is 0 Å². The summed E-state index contributed by atoms with van der Waals surface area (Å²) in [4.78, 5) is 11.7. The maximum absolute atomic E-state index is 11.7. The van der Waals surface area contributed by atoms with Gasteiger partial charge in [0.1, 0.15) is 6.04 Å². The molecule has 13 heavy (non-hydrogen) atoms. The standard InChI is InChI=1S/C10H8ClNO/c11-12-7-6-9(12)10(13)8-4-2-1-3-5-8/h1-7,9H. The number of carbonyl (C=O) groups is 1. The Morgan fingerprint density at radius 2 is 2.00 bits per heavy atom. The molecule has 1 atom stereocenters. The fourth-order valence-electron chi connectivity index (χ4n) is 1.21.